The molecule has 2 aliphatic carbocycles. The second-order valence-corrected chi connectivity index (χ2v) is 13.0. The zero-order chi connectivity index (χ0) is 25.0. The van der Waals surface area contributed by atoms with E-state index < -0.39 is 0 Å². The fourth-order valence-electron chi connectivity index (χ4n) is 6.36. The van der Waals surface area contributed by atoms with Crippen molar-refractivity contribution < 1.29 is 3.63 Å². The van der Waals surface area contributed by atoms with E-state index in [0.717, 1.165) is 38.5 Å². The highest BCUT2D eigenvalue weighted by molar-refractivity contribution is 8.08. The number of hydrogen-bond acceptors (Lipinski definition) is 3. The Hall–Kier alpha value is -2.46. The first kappa shape index (κ1) is 24.9. The third-order valence-corrected chi connectivity index (χ3v) is 10.4. The molecule has 0 fully saturated rings. The van der Waals surface area contributed by atoms with Crippen LogP contribution in [0.2, 0.25) is 0 Å². The molecule has 4 aromatic rings. The molecule has 188 valence electrons. The lowest BCUT2D eigenvalue weighted by molar-refractivity contribution is 0.470. The molecule has 0 aromatic heterocycles. The van der Waals surface area contributed by atoms with E-state index in [1.807, 2.05) is 0 Å². The van der Waals surface area contributed by atoms with Crippen LogP contribution in [0.4, 0.5) is 0 Å². The van der Waals surface area contributed by atoms with Crippen molar-refractivity contribution in [2.45, 2.75) is 60.9 Å². The van der Waals surface area contributed by atoms with Gasteiger partial charge in [-0.3, -0.25) is 0 Å². The van der Waals surface area contributed by atoms with Crippen LogP contribution in [0.25, 0.3) is 0 Å². The second-order valence-electron chi connectivity index (χ2n) is 10.6. The quantitative estimate of drug-likeness (QED) is 0.213. The molecule has 0 unspecified atom stereocenters. The molecule has 0 N–H and O–H groups in total. The van der Waals surface area contributed by atoms with Crippen molar-refractivity contribution in [2.24, 2.45) is 0 Å². The van der Waals surface area contributed by atoms with Crippen molar-refractivity contribution in [2.75, 3.05) is 0 Å². The summed E-state index contributed by atoms with van der Waals surface area (Å²) >= 11 is 3.45. The van der Waals surface area contributed by atoms with Crippen LogP contribution >= 0.6 is 24.1 Å². The summed E-state index contributed by atoms with van der Waals surface area (Å²) in [6.07, 6.45) is 8.94. The zero-order valence-corrected chi connectivity index (χ0v) is 22.9. The summed E-state index contributed by atoms with van der Waals surface area (Å²) in [5.41, 5.74) is 8.62. The molecule has 37 heavy (non-hydrogen) atoms. The van der Waals surface area contributed by atoms with Gasteiger partial charge in [0.15, 0.2) is 0 Å². The van der Waals surface area contributed by atoms with Crippen LogP contribution in [0.3, 0.4) is 0 Å². The maximum absolute atomic E-state index is 6.81. The van der Waals surface area contributed by atoms with Gasteiger partial charge in [0.05, 0.1) is 9.49 Å². The Morgan fingerprint density at radius 3 is 1.38 bits per heavy atom. The average molecular weight is 523 g/mol. The summed E-state index contributed by atoms with van der Waals surface area (Å²) in [6, 6.07) is 40.0. The molecule has 0 aliphatic heterocycles. The van der Waals surface area contributed by atoms with Crippen molar-refractivity contribution in [3.63, 3.8) is 0 Å². The number of hydrogen-bond donors (Lipinski definition) is 0. The molecule has 0 amide bonds. The Kier molecular flexibility index (Phi) is 7.46. The van der Waals surface area contributed by atoms with E-state index in [2.05, 4.69) is 109 Å². The van der Waals surface area contributed by atoms with Gasteiger partial charge in [-0.2, -0.15) is 0 Å². The minimum Gasteiger partial charge on any atom is -0.245 e. The van der Waals surface area contributed by atoms with Gasteiger partial charge in [-0.1, -0.05) is 109 Å². The fraction of sp³-hybridized carbons (Fsp3) is 0.294. The van der Waals surface area contributed by atoms with Crippen LogP contribution in [0, 0.1) is 0 Å². The Morgan fingerprint density at radius 1 is 0.514 bits per heavy atom. The third-order valence-electron chi connectivity index (χ3n) is 8.12. The SMILES string of the molecule is c1ccc(C[C@@]2(SOS[C@]3(Cc4ccccc4)CCCc4ccccc43)CCCc3ccccc32)cc1. The Balaban J connectivity index is 1.32. The highest BCUT2D eigenvalue weighted by atomic mass is 32.2. The van der Waals surface area contributed by atoms with Gasteiger partial charge in [0, 0.05) is 24.1 Å². The van der Waals surface area contributed by atoms with Crippen LogP contribution < -0.4 is 0 Å². The topological polar surface area (TPSA) is 9.23 Å². The summed E-state index contributed by atoms with van der Waals surface area (Å²) in [6.45, 7) is 0. The Labute approximate surface area is 230 Å². The first-order chi connectivity index (χ1) is 18.3. The van der Waals surface area contributed by atoms with E-state index in [1.165, 1.54) is 46.2 Å². The van der Waals surface area contributed by atoms with Crippen molar-refractivity contribution in [1.29, 1.82) is 0 Å². The maximum Gasteiger partial charge on any atom is 0.0726 e. The Bertz CT molecular complexity index is 1220. The van der Waals surface area contributed by atoms with E-state index in [0.29, 0.717) is 0 Å². The van der Waals surface area contributed by atoms with Crippen molar-refractivity contribution in [3.8, 4) is 0 Å². The normalized spacial score (nSPS) is 22.7. The molecule has 0 heterocycles. The first-order valence-electron chi connectivity index (χ1n) is 13.5. The lowest BCUT2D eigenvalue weighted by Crippen LogP contribution is -2.32. The van der Waals surface area contributed by atoms with Crippen molar-refractivity contribution >= 4 is 24.1 Å². The molecule has 0 spiro atoms. The van der Waals surface area contributed by atoms with Gasteiger partial charge in [-0.05, 0) is 84.7 Å². The van der Waals surface area contributed by atoms with E-state index in [-0.39, 0.29) is 9.49 Å². The molecule has 4 aromatic carbocycles. The molecular weight excluding hydrogens is 489 g/mol. The molecule has 0 bridgehead atoms. The molecule has 1 nitrogen and oxygen atoms in total. The summed E-state index contributed by atoms with van der Waals surface area (Å²) in [5, 5.41) is 0. The fourth-order valence-corrected chi connectivity index (χ4v) is 9.02. The van der Waals surface area contributed by atoms with Crippen molar-refractivity contribution in [1.82, 2.24) is 0 Å². The van der Waals surface area contributed by atoms with Gasteiger partial charge < -0.3 is 0 Å². The lowest BCUT2D eigenvalue weighted by atomic mass is 9.79. The lowest BCUT2D eigenvalue weighted by Gasteiger charge is -2.41. The molecular formula is C34H34OS2. The van der Waals surface area contributed by atoms with E-state index >= 15 is 0 Å². The smallest absolute Gasteiger partial charge is 0.0726 e. The minimum absolute atomic E-state index is 0.0781. The van der Waals surface area contributed by atoms with Crippen LogP contribution in [0.1, 0.15) is 59.1 Å². The highest BCUT2D eigenvalue weighted by Crippen LogP contribution is 2.55. The maximum atomic E-state index is 6.81. The van der Waals surface area contributed by atoms with Crippen molar-refractivity contribution in [3.05, 3.63) is 143 Å². The summed E-state index contributed by atoms with van der Waals surface area (Å²) in [7, 11) is 0. The molecule has 2 atom stereocenters. The number of aryl methyl sites for hydroxylation is 2. The molecule has 6 rings (SSSR count). The van der Waals surface area contributed by atoms with Gasteiger partial charge in [0.25, 0.3) is 0 Å². The minimum atomic E-state index is -0.0781. The standard InChI is InChI=1S/C34H34OS2/c1-3-13-27(14-4-1)25-33(23-11-19-29-17-7-9-21-31(29)33)36-35-37-34(26-28-15-5-2-6-16-28)24-12-20-30-18-8-10-22-32(30)34/h1-10,13-18,21-22H,11-12,19-20,23-26H2/t33-,34-/m0/s1. The van der Waals surface area contributed by atoms with E-state index in [9.17, 15) is 0 Å². The van der Waals surface area contributed by atoms with Gasteiger partial charge in [-0.15, -0.1) is 0 Å². The van der Waals surface area contributed by atoms with Gasteiger partial charge in [0.2, 0.25) is 0 Å². The molecule has 2 aliphatic rings. The van der Waals surface area contributed by atoms with Gasteiger partial charge in [-0.25, -0.2) is 3.63 Å². The summed E-state index contributed by atoms with van der Waals surface area (Å²) in [4.78, 5) is 0. The van der Waals surface area contributed by atoms with Crippen LogP contribution in [0.5, 0.6) is 0 Å². The van der Waals surface area contributed by atoms with Crippen LogP contribution in [-0.2, 0) is 38.8 Å². The first-order valence-corrected chi connectivity index (χ1v) is 15.0. The molecule has 0 radical (unpaired) electrons. The second kappa shape index (κ2) is 11.1. The third kappa shape index (κ3) is 5.27. The summed E-state index contributed by atoms with van der Waals surface area (Å²) in [5.74, 6) is 0. The van der Waals surface area contributed by atoms with Crippen LogP contribution in [-0.4, -0.2) is 0 Å². The number of fused-ring (bicyclic) bond motifs is 2. The number of benzene rings is 4. The summed E-state index contributed by atoms with van der Waals surface area (Å²) < 4.78 is 6.65. The zero-order valence-electron chi connectivity index (χ0n) is 21.3. The predicted molar refractivity (Wildman–Crippen MR) is 159 cm³/mol. The average Bonchev–Trinajstić information content (AvgIpc) is 2.95. The number of rotatable bonds is 8. The van der Waals surface area contributed by atoms with E-state index in [1.54, 1.807) is 24.1 Å². The largest absolute Gasteiger partial charge is 0.245 e. The predicted octanol–water partition coefficient (Wildman–Crippen LogP) is 9.25. The van der Waals surface area contributed by atoms with Gasteiger partial charge in [0.1, 0.15) is 0 Å². The molecule has 0 saturated heterocycles. The monoisotopic (exact) mass is 522 g/mol. The molecule has 3 heteroatoms. The van der Waals surface area contributed by atoms with E-state index in [4.69, 9.17) is 3.63 Å². The Morgan fingerprint density at radius 2 is 0.919 bits per heavy atom. The van der Waals surface area contributed by atoms with Gasteiger partial charge >= 0.3 is 0 Å². The highest BCUT2D eigenvalue weighted by Gasteiger charge is 2.42. The van der Waals surface area contributed by atoms with Crippen LogP contribution in [0.15, 0.2) is 109 Å². The molecule has 0 saturated carbocycles.